The predicted octanol–water partition coefficient (Wildman–Crippen LogP) is 2.98. The van der Waals surface area contributed by atoms with Gasteiger partial charge in [0.25, 0.3) is 0 Å². The van der Waals surface area contributed by atoms with Gasteiger partial charge in [0.05, 0.1) is 5.56 Å². The molecule has 0 aliphatic carbocycles. The first-order valence-electron chi connectivity index (χ1n) is 6.93. The van der Waals surface area contributed by atoms with E-state index in [9.17, 15) is 4.79 Å². The maximum atomic E-state index is 11.6. The summed E-state index contributed by atoms with van der Waals surface area (Å²) in [7, 11) is 0. The average Bonchev–Trinajstić information content (AvgIpc) is 2.48. The average molecular weight is 269 g/mol. The molecule has 104 valence electrons. The van der Waals surface area contributed by atoms with Crippen molar-refractivity contribution < 1.29 is 4.79 Å². The van der Waals surface area contributed by atoms with Gasteiger partial charge in [0.15, 0.2) is 5.82 Å². The summed E-state index contributed by atoms with van der Waals surface area (Å²) < 4.78 is 0. The first-order chi connectivity index (χ1) is 9.74. The summed E-state index contributed by atoms with van der Waals surface area (Å²) in [6, 6.07) is 7.38. The quantitative estimate of drug-likeness (QED) is 0.820. The van der Waals surface area contributed by atoms with Gasteiger partial charge in [-0.15, -0.1) is 0 Å². The molecule has 0 radical (unpaired) electrons. The number of aromatic nitrogens is 2. The molecule has 1 aromatic heterocycles. The fourth-order valence-electron chi connectivity index (χ4n) is 2.27. The summed E-state index contributed by atoms with van der Waals surface area (Å²) in [5, 5.41) is 0. The van der Waals surface area contributed by atoms with Crippen LogP contribution in [0.5, 0.6) is 0 Å². The minimum atomic E-state index is -0.440. The maximum Gasteiger partial charge on any atom is 0.249 e. The maximum absolute atomic E-state index is 11.6. The van der Waals surface area contributed by atoms with Crippen molar-refractivity contribution in [2.24, 2.45) is 5.73 Å². The first kappa shape index (κ1) is 14.2. The molecule has 0 aliphatic heterocycles. The molecule has 0 saturated heterocycles. The second kappa shape index (κ2) is 6.80. The SMILES string of the molecule is CCCCCc1cccc(C(N)=O)c1-c1ncccn1. The Hall–Kier alpha value is -2.23. The highest BCUT2D eigenvalue weighted by Gasteiger charge is 2.16. The van der Waals surface area contributed by atoms with Gasteiger partial charge in [0.1, 0.15) is 0 Å². The number of amides is 1. The lowest BCUT2D eigenvalue weighted by atomic mass is 9.95. The Labute approximate surface area is 119 Å². The fourth-order valence-corrected chi connectivity index (χ4v) is 2.27. The van der Waals surface area contributed by atoms with E-state index in [0.29, 0.717) is 11.4 Å². The zero-order chi connectivity index (χ0) is 14.4. The molecule has 0 spiro atoms. The van der Waals surface area contributed by atoms with E-state index < -0.39 is 5.91 Å². The molecule has 1 heterocycles. The summed E-state index contributed by atoms with van der Waals surface area (Å²) in [5.74, 6) is 0.123. The van der Waals surface area contributed by atoms with E-state index in [-0.39, 0.29) is 0 Å². The number of hydrogen-bond donors (Lipinski definition) is 1. The lowest BCUT2D eigenvalue weighted by molar-refractivity contribution is 0.100. The predicted molar refractivity (Wildman–Crippen MR) is 79.2 cm³/mol. The van der Waals surface area contributed by atoms with Crippen LogP contribution in [0.15, 0.2) is 36.7 Å². The van der Waals surface area contributed by atoms with Crippen LogP contribution in [0.25, 0.3) is 11.4 Å². The number of aryl methyl sites for hydroxylation is 1. The minimum Gasteiger partial charge on any atom is -0.366 e. The Kier molecular flexibility index (Phi) is 4.82. The van der Waals surface area contributed by atoms with Gasteiger partial charge in [0, 0.05) is 18.0 Å². The van der Waals surface area contributed by atoms with Gasteiger partial charge in [-0.3, -0.25) is 4.79 Å². The Morgan fingerprint density at radius 3 is 2.55 bits per heavy atom. The van der Waals surface area contributed by atoms with E-state index in [1.807, 2.05) is 12.1 Å². The second-order valence-corrected chi connectivity index (χ2v) is 4.73. The number of unbranched alkanes of at least 4 members (excludes halogenated alkanes) is 2. The molecule has 20 heavy (non-hydrogen) atoms. The van der Waals surface area contributed by atoms with E-state index in [2.05, 4.69) is 16.9 Å². The molecule has 0 fully saturated rings. The highest BCUT2D eigenvalue weighted by atomic mass is 16.1. The summed E-state index contributed by atoms with van der Waals surface area (Å²) >= 11 is 0. The number of nitrogens with zero attached hydrogens (tertiary/aromatic N) is 2. The van der Waals surface area contributed by atoms with Crippen LogP contribution in [-0.2, 0) is 6.42 Å². The van der Waals surface area contributed by atoms with Crippen LogP contribution in [0.3, 0.4) is 0 Å². The van der Waals surface area contributed by atoms with Gasteiger partial charge in [-0.2, -0.15) is 0 Å². The standard InChI is InChI=1S/C16H19N3O/c1-2-3-4-7-12-8-5-9-13(15(17)20)14(12)16-18-10-6-11-19-16/h5-6,8-11H,2-4,7H2,1H3,(H2,17,20). The molecule has 2 aromatic rings. The van der Waals surface area contributed by atoms with Crippen molar-refractivity contribution in [1.29, 1.82) is 0 Å². The van der Waals surface area contributed by atoms with E-state index in [1.54, 1.807) is 24.5 Å². The van der Waals surface area contributed by atoms with Gasteiger partial charge >= 0.3 is 0 Å². The Morgan fingerprint density at radius 1 is 1.15 bits per heavy atom. The van der Waals surface area contributed by atoms with E-state index >= 15 is 0 Å². The van der Waals surface area contributed by atoms with Crippen molar-refractivity contribution in [2.75, 3.05) is 0 Å². The highest BCUT2D eigenvalue weighted by Crippen LogP contribution is 2.26. The van der Waals surface area contributed by atoms with Crippen molar-refractivity contribution in [1.82, 2.24) is 9.97 Å². The number of primary amides is 1. The van der Waals surface area contributed by atoms with E-state index in [4.69, 9.17) is 5.73 Å². The molecule has 0 atom stereocenters. The molecule has 2 N–H and O–H groups in total. The summed E-state index contributed by atoms with van der Waals surface area (Å²) in [6.45, 7) is 2.17. The molecule has 2 rings (SSSR count). The molecule has 1 amide bonds. The van der Waals surface area contributed by atoms with Crippen LogP contribution in [0.2, 0.25) is 0 Å². The number of rotatable bonds is 6. The van der Waals surface area contributed by atoms with Gasteiger partial charge in [-0.1, -0.05) is 31.9 Å². The van der Waals surface area contributed by atoms with Crippen molar-refractivity contribution >= 4 is 5.91 Å². The van der Waals surface area contributed by atoms with Crippen LogP contribution < -0.4 is 5.73 Å². The normalized spacial score (nSPS) is 10.4. The summed E-state index contributed by atoms with van der Waals surface area (Å²) in [5.41, 5.74) is 7.83. The number of carbonyl (C=O) groups excluding carboxylic acids is 1. The fraction of sp³-hybridized carbons (Fsp3) is 0.312. The lowest BCUT2D eigenvalue weighted by Crippen LogP contribution is -2.14. The molecule has 0 saturated carbocycles. The largest absolute Gasteiger partial charge is 0.366 e. The Morgan fingerprint density at radius 2 is 1.90 bits per heavy atom. The smallest absolute Gasteiger partial charge is 0.249 e. The van der Waals surface area contributed by atoms with E-state index in [1.165, 1.54) is 0 Å². The second-order valence-electron chi connectivity index (χ2n) is 4.73. The number of nitrogens with two attached hydrogens (primary N) is 1. The van der Waals surface area contributed by atoms with Crippen LogP contribution in [-0.4, -0.2) is 15.9 Å². The topological polar surface area (TPSA) is 68.9 Å². The molecule has 4 nitrogen and oxygen atoms in total. The molecule has 0 aliphatic rings. The number of carbonyl (C=O) groups is 1. The molecule has 1 aromatic carbocycles. The van der Waals surface area contributed by atoms with Crippen molar-refractivity contribution in [3.8, 4) is 11.4 Å². The van der Waals surface area contributed by atoms with Crippen LogP contribution in [0, 0.1) is 0 Å². The van der Waals surface area contributed by atoms with Crippen LogP contribution >= 0.6 is 0 Å². The molecule has 0 unspecified atom stereocenters. The monoisotopic (exact) mass is 269 g/mol. The summed E-state index contributed by atoms with van der Waals surface area (Å²) in [4.78, 5) is 20.2. The Balaban J connectivity index is 2.46. The van der Waals surface area contributed by atoms with Crippen molar-refractivity contribution in [2.45, 2.75) is 32.6 Å². The number of benzene rings is 1. The Bertz CT molecular complexity index is 582. The third-order valence-electron chi connectivity index (χ3n) is 3.26. The van der Waals surface area contributed by atoms with Crippen LogP contribution in [0.1, 0.15) is 42.1 Å². The van der Waals surface area contributed by atoms with Crippen LogP contribution in [0.4, 0.5) is 0 Å². The van der Waals surface area contributed by atoms with Crippen molar-refractivity contribution in [3.05, 3.63) is 47.8 Å². The zero-order valence-corrected chi connectivity index (χ0v) is 11.7. The van der Waals surface area contributed by atoms with E-state index in [0.717, 1.165) is 36.8 Å². The van der Waals surface area contributed by atoms with Gasteiger partial charge in [0.2, 0.25) is 5.91 Å². The van der Waals surface area contributed by atoms with Crippen molar-refractivity contribution in [3.63, 3.8) is 0 Å². The third-order valence-corrected chi connectivity index (χ3v) is 3.26. The molecule has 0 bridgehead atoms. The minimum absolute atomic E-state index is 0.440. The number of hydrogen-bond acceptors (Lipinski definition) is 3. The molecular weight excluding hydrogens is 250 g/mol. The van der Waals surface area contributed by atoms with Gasteiger partial charge < -0.3 is 5.73 Å². The highest BCUT2D eigenvalue weighted by molar-refractivity contribution is 5.99. The van der Waals surface area contributed by atoms with Gasteiger partial charge in [-0.05, 0) is 30.5 Å². The molecular formula is C16H19N3O. The lowest BCUT2D eigenvalue weighted by Gasteiger charge is -2.11. The zero-order valence-electron chi connectivity index (χ0n) is 11.7. The van der Waals surface area contributed by atoms with Gasteiger partial charge in [-0.25, -0.2) is 9.97 Å². The first-order valence-corrected chi connectivity index (χ1v) is 6.93. The third kappa shape index (κ3) is 3.20. The summed E-state index contributed by atoms with van der Waals surface area (Å²) in [6.07, 6.45) is 7.66. The molecule has 4 heteroatoms.